The predicted molar refractivity (Wildman–Crippen MR) is 50.3 cm³/mol. The molecule has 4 heteroatoms. The van der Waals surface area contributed by atoms with Gasteiger partial charge in [-0.15, -0.1) is 0 Å². The molecule has 1 heterocycles. The SMILES string of the molecule is CC(C)NC(=O)C1(O)CCNCC1. The van der Waals surface area contributed by atoms with Gasteiger partial charge in [0.2, 0.25) is 0 Å². The van der Waals surface area contributed by atoms with Crippen LogP contribution in [0.4, 0.5) is 0 Å². The number of piperidine rings is 1. The second-order valence-corrected chi connectivity index (χ2v) is 3.91. The van der Waals surface area contributed by atoms with Crippen LogP contribution in [0.2, 0.25) is 0 Å². The molecule has 0 unspecified atom stereocenters. The molecule has 1 aliphatic rings. The molecule has 13 heavy (non-hydrogen) atoms. The standard InChI is InChI=1S/C9H18N2O2/c1-7(2)11-8(12)9(13)3-5-10-6-4-9/h7,10,13H,3-6H2,1-2H3,(H,11,12). The number of rotatable bonds is 2. The minimum atomic E-state index is -1.14. The van der Waals surface area contributed by atoms with Gasteiger partial charge in [-0.2, -0.15) is 0 Å². The Labute approximate surface area is 78.7 Å². The molecule has 1 rings (SSSR count). The van der Waals surface area contributed by atoms with E-state index < -0.39 is 5.60 Å². The van der Waals surface area contributed by atoms with Gasteiger partial charge < -0.3 is 15.7 Å². The van der Waals surface area contributed by atoms with E-state index in [9.17, 15) is 9.90 Å². The van der Waals surface area contributed by atoms with Crippen LogP contribution in [0.15, 0.2) is 0 Å². The Morgan fingerprint density at radius 1 is 1.46 bits per heavy atom. The van der Waals surface area contributed by atoms with Crippen molar-refractivity contribution >= 4 is 5.91 Å². The van der Waals surface area contributed by atoms with Gasteiger partial charge in [0, 0.05) is 6.04 Å². The summed E-state index contributed by atoms with van der Waals surface area (Å²) in [7, 11) is 0. The van der Waals surface area contributed by atoms with Crippen molar-refractivity contribution in [2.24, 2.45) is 0 Å². The topological polar surface area (TPSA) is 61.4 Å². The van der Waals surface area contributed by atoms with Crippen LogP contribution in [-0.2, 0) is 4.79 Å². The van der Waals surface area contributed by atoms with Crippen LogP contribution in [0, 0.1) is 0 Å². The Balaban J connectivity index is 2.51. The normalized spacial score (nSPS) is 21.5. The Morgan fingerprint density at radius 3 is 2.46 bits per heavy atom. The first-order valence-corrected chi connectivity index (χ1v) is 4.79. The highest BCUT2D eigenvalue weighted by Crippen LogP contribution is 2.17. The van der Waals surface area contributed by atoms with E-state index in [0.29, 0.717) is 25.9 Å². The van der Waals surface area contributed by atoms with Gasteiger partial charge in [0.1, 0.15) is 5.60 Å². The Hall–Kier alpha value is -0.610. The highest BCUT2D eigenvalue weighted by atomic mass is 16.3. The fourth-order valence-electron chi connectivity index (χ4n) is 1.46. The van der Waals surface area contributed by atoms with Crippen LogP contribution >= 0.6 is 0 Å². The van der Waals surface area contributed by atoms with Gasteiger partial charge in [0.15, 0.2) is 0 Å². The summed E-state index contributed by atoms with van der Waals surface area (Å²) in [5.74, 6) is -0.232. The predicted octanol–water partition coefficient (Wildman–Crippen LogP) is -0.374. The maximum Gasteiger partial charge on any atom is 0.252 e. The molecule has 1 fully saturated rings. The van der Waals surface area contributed by atoms with E-state index in [1.54, 1.807) is 0 Å². The molecule has 0 aliphatic carbocycles. The summed E-state index contributed by atoms with van der Waals surface area (Å²) in [6.45, 7) is 5.20. The summed E-state index contributed by atoms with van der Waals surface area (Å²) in [5.41, 5.74) is -1.14. The second-order valence-electron chi connectivity index (χ2n) is 3.91. The van der Waals surface area contributed by atoms with E-state index in [0.717, 1.165) is 0 Å². The van der Waals surface area contributed by atoms with E-state index in [2.05, 4.69) is 10.6 Å². The van der Waals surface area contributed by atoms with Crippen LogP contribution < -0.4 is 10.6 Å². The summed E-state index contributed by atoms with van der Waals surface area (Å²) >= 11 is 0. The summed E-state index contributed by atoms with van der Waals surface area (Å²) in [5, 5.41) is 15.8. The molecule has 0 atom stereocenters. The minimum absolute atomic E-state index is 0.0893. The minimum Gasteiger partial charge on any atom is -0.380 e. The molecule has 3 N–H and O–H groups in total. The molecule has 0 aromatic carbocycles. The number of carbonyl (C=O) groups excluding carboxylic acids is 1. The van der Waals surface area contributed by atoms with E-state index in [4.69, 9.17) is 0 Å². The summed E-state index contributed by atoms with van der Waals surface area (Å²) in [6.07, 6.45) is 1.01. The monoisotopic (exact) mass is 186 g/mol. The average Bonchev–Trinajstić information content (AvgIpc) is 2.04. The number of hydrogen-bond donors (Lipinski definition) is 3. The number of hydrogen-bond acceptors (Lipinski definition) is 3. The van der Waals surface area contributed by atoms with Crippen molar-refractivity contribution in [1.82, 2.24) is 10.6 Å². The van der Waals surface area contributed by atoms with Crippen molar-refractivity contribution in [3.63, 3.8) is 0 Å². The molecular formula is C9H18N2O2. The third-order valence-corrected chi connectivity index (χ3v) is 2.27. The first-order valence-electron chi connectivity index (χ1n) is 4.79. The lowest BCUT2D eigenvalue weighted by molar-refractivity contribution is -0.142. The molecule has 1 amide bonds. The first kappa shape index (κ1) is 10.5. The molecule has 1 aliphatic heterocycles. The van der Waals surface area contributed by atoms with Gasteiger partial charge in [-0.05, 0) is 39.8 Å². The number of amides is 1. The van der Waals surface area contributed by atoms with Gasteiger partial charge >= 0.3 is 0 Å². The van der Waals surface area contributed by atoms with Gasteiger partial charge in [-0.1, -0.05) is 0 Å². The lowest BCUT2D eigenvalue weighted by Crippen LogP contribution is -2.54. The Bertz CT molecular complexity index is 186. The second kappa shape index (κ2) is 4.07. The van der Waals surface area contributed by atoms with E-state index in [-0.39, 0.29) is 11.9 Å². The fraction of sp³-hybridized carbons (Fsp3) is 0.889. The van der Waals surface area contributed by atoms with Crippen molar-refractivity contribution in [1.29, 1.82) is 0 Å². The molecule has 0 aromatic rings. The zero-order chi connectivity index (χ0) is 9.90. The highest BCUT2D eigenvalue weighted by molar-refractivity contribution is 5.85. The van der Waals surface area contributed by atoms with Crippen molar-refractivity contribution in [2.45, 2.75) is 38.3 Å². The Morgan fingerprint density at radius 2 is 2.00 bits per heavy atom. The largest absolute Gasteiger partial charge is 0.380 e. The summed E-state index contributed by atoms with van der Waals surface area (Å²) < 4.78 is 0. The van der Waals surface area contributed by atoms with Gasteiger partial charge in [-0.3, -0.25) is 4.79 Å². The number of aliphatic hydroxyl groups is 1. The smallest absolute Gasteiger partial charge is 0.252 e. The van der Waals surface area contributed by atoms with Crippen molar-refractivity contribution in [2.75, 3.05) is 13.1 Å². The molecular weight excluding hydrogens is 168 g/mol. The lowest BCUT2D eigenvalue weighted by atomic mass is 9.91. The molecule has 4 nitrogen and oxygen atoms in total. The van der Waals surface area contributed by atoms with Gasteiger partial charge in [0.05, 0.1) is 0 Å². The molecule has 0 saturated carbocycles. The zero-order valence-corrected chi connectivity index (χ0v) is 8.26. The van der Waals surface area contributed by atoms with Crippen LogP contribution in [-0.4, -0.2) is 35.7 Å². The van der Waals surface area contributed by atoms with Crippen LogP contribution in [0.5, 0.6) is 0 Å². The average molecular weight is 186 g/mol. The van der Waals surface area contributed by atoms with E-state index in [1.807, 2.05) is 13.8 Å². The highest BCUT2D eigenvalue weighted by Gasteiger charge is 2.36. The summed E-state index contributed by atoms with van der Waals surface area (Å²) in [6, 6.07) is 0.0893. The fourth-order valence-corrected chi connectivity index (χ4v) is 1.46. The number of nitrogens with one attached hydrogen (secondary N) is 2. The number of carbonyl (C=O) groups is 1. The van der Waals surface area contributed by atoms with Crippen LogP contribution in [0.25, 0.3) is 0 Å². The Kier molecular flexibility index (Phi) is 3.27. The molecule has 0 bridgehead atoms. The maximum absolute atomic E-state index is 11.5. The third-order valence-electron chi connectivity index (χ3n) is 2.27. The third kappa shape index (κ3) is 2.67. The van der Waals surface area contributed by atoms with Crippen molar-refractivity contribution < 1.29 is 9.90 Å². The molecule has 0 spiro atoms. The van der Waals surface area contributed by atoms with Crippen LogP contribution in [0.3, 0.4) is 0 Å². The molecule has 0 radical (unpaired) electrons. The molecule has 0 aromatic heterocycles. The first-order chi connectivity index (χ1) is 6.04. The van der Waals surface area contributed by atoms with E-state index >= 15 is 0 Å². The van der Waals surface area contributed by atoms with Gasteiger partial charge in [0.25, 0.3) is 5.91 Å². The van der Waals surface area contributed by atoms with Crippen molar-refractivity contribution in [3.05, 3.63) is 0 Å². The van der Waals surface area contributed by atoms with Crippen LogP contribution in [0.1, 0.15) is 26.7 Å². The van der Waals surface area contributed by atoms with E-state index in [1.165, 1.54) is 0 Å². The summed E-state index contributed by atoms with van der Waals surface area (Å²) in [4.78, 5) is 11.5. The molecule has 1 saturated heterocycles. The zero-order valence-electron chi connectivity index (χ0n) is 8.26. The quantitative estimate of drug-likeness (QED) is 0.551. The lowest BCUT2D eigenvalue weighted by Gasteiger charge is -2.31. The van der Waals surface area contributed by atoms with Crippen molar-refractivity contribution in [3.8, 4) is 0 Å². The maximum atomic E-state index is 11.5. The van der Waals surface area contributed by atoms with Gasteiger partial charge in [-0.25, -0.2) is 0 Å². The molecule has 76 valence electrons.